The SMILES string of the molecule is Clc1c(Br)cccc1Br.Clc1c(Nc2ccccc2)cccc1Nc1ccccc1.Nc1ccccc1. The predicted molar refractivity (Wildman–Crippen MR) is 169 cm³/mol. The summed E-state index contributed by atoms with van der Waals surface area (Å²) < 4.78 is 1.83. The quantitative estimate of drug-likeness (QED) is 0.133. The molecule has 3 nitrogen and oxygen atoms in total. The molecule has 0 saturated carbocycles. The van der Waals surface area contributed by atoms with E-state index in [-0.39, 0.29) is 0 Å². The lowest BCUT2D eigenvalue weighted by molar-refractivity contribution is 1.51. The molecule has 4 N–H and O–H groups in total. The Balaban J connectivity index is 0.000000194. The van der Waals surface area contributed by atoms with E-state index in [1.807, 2.05) is 127 Å². The van der Waals surface area contributed by atoms with Crippen LogP contribution in [0.2, 0.25) is 10.0 Å². The van der Waals surface area contributed by atoms with Crippen LogP contribution in [-0.2, 0) is 0 Å². The molecule has 0 bridgehead atoms. The zero-order chi connectivity index (χ0) is 26.5. The maximum absolute atomic E-state index is 6.48. The van der Waals surface area contributed by atoms with Gasteiger partial charge in [-0.05, 0) is 92.5 Å². The Morgan fingerprint density at radius 1 is 0.459 bits per heavy atom. The molecule has 0 spiro atoms. The first-order chi connectivity index (χ1) is 17.9. The molecule has 7 heteroatoms. The van der Waals surface area contributed by atoms with Crippen LogP contribution in [0.15, 0.2) is 136 Å². The Morgan fingerprint density at radius 3 is 1.19 bits per heavy atom. The standard InChI is InChI=1S/C18H15ClN2.C6H3Br2Cl.C6H7N/c19-18-16(20-14-8-3-1-4-9-14)12-7-13-17(18)21-15-10-5-2-6-11-15;7-4-2-1-3-5(8)6(4)9;7-6-4-2-1-3-5-6/h1-13,20-21H;1-3H;1-5H,7H2. The molecule has 188 valence electrons. The van der Waals surface area contributed by atoms with E-state index in [9.17, 15) is 0 Å². The Bertz CT molecular complexity index is 1290. The van der Waals surface area contributed by atoms with Crippen molar-refractivity contribution in [2.24, 2.45) is 0 Å². The molecule has 0 radical (unpaired) electrons. The lowest BCUT2D eigenvalue weighted by Gasteiger charge is -2.13. The number of halogens is 4. The number of nitrogens with two attached hydrogens (primary N) is 1. The third-order valence-corrected chi connectivity index (χ3v) is 7.40. The topological polar surface area (TPSA) is 50.1 Å². The van der Waals surface area contributed by atoms with Gasteiger partial charge in [0, 0.05) is 26.0 Å². The lowest BCUT2D eigenvalue weighted by atomic mass is 10.2. The molecule has 37 heavy (non-hydrogen) atoms. The van der Waals surface area contributed by atoms with Gasteiger partial charge >= 0.3 is 0 Å². The zero-order valence-electron chi connectivity index (χ0n) is 19.7. The number of anilines is 5. The van der Waals surface area contributed by atoms with E-state index in [4.69, 9.17) is 28.9 Å². The summed E-state index contributed by atoms with van der Waals surface area (Å²) in [5, 5.41) is 8.04. The van der Waals surface area contributed by atoms with Gasteiger partial charge in [-0.25, -0.2) is 0 Å². The molecule has 0 aliphatic rings. The normalized spacial score (nSPS) is 9.73. The van der Waals surface area contributed by atoms with Crippen LogP contribution in [0.1, 0.15) is 0 Å². The Hall–Kier alpha value is -2.96. The van der Waals surface area contributed by atoms with Gasteiger partial charge in [0.1, 0.15) is 0 Å². The second-order valence-electron chi connectivity index (χ2n) is 7.60. The van der Waals surface area contributed by atoms with Crippen molar-refractivity contribution in [2.45, 2.75) is 0 Å². The van der Waals surface area contributed by atoms with E-state index in [1.165, 1.54) is 0 Å². The van der Waals surface area contributed by atoms with Crippen molar-refractivity contribution in [2.75, 3.05) is 16.4 Å². The van der Waals surface area contributed by atoms with Gasteiger partial charge in [0.15, 0.2) is 0 Å². The van der Waals surface area contributed by atoms with Crippen LogP contribution >= 0.6 is 55.1 Å². The monoisotopic (exact) mass is 655 g/mol. The smallest absolute Gasteiger partial charge is 0.0875 e. The summed E-state index contributed by atoms with van der Waals surface area (Å²) in [6.45, 7) is 0. The minimum Gasteiger partial charge on any atom is -0.399 e. The highest BCUT2D eigenvalue weighted by molar-refractivity contribution is 9.11. The fourth-order valence-electron chi connectivity index (χ4n) is 3.01. The molecule has 0 saturated heterocycles. The minimum absolute atomic E-state index is 0.671. The van der Waals surface area contributed by atoms with Gasteiger partial charge in [0.25, 0.3) is 0 Å². The van der Waals surface area contributed by atoms with Crippen LogP contribution in [0.3, 0.4) is 0 Å². The third kappa shape index (κ3) is 9.78. The van der Waals surface area contributed by atoms with Crippen molar-refractivity contribution < 1.29 is 0 Å². The van der Waals surface area contributed by atoms with Gasteiger partial charge in [-0.15, -0.1) is 0 Å². The average molecular weight is 658 g/mol. The molecular formula is C30H25Br2Cl2N3. The van der Waals surface area contributed by atoms with Gasteiger partial charge in [-0.2, -0.15) is 0 Å². The summed E-state index contributed by atoms with van der Waals surface area (Å²) in [6.07, 6.45) is 0. The number of hydrogen-bond acceptors (Lipinski definition) is 3. The fraction of sp³-hybridized carbons (Fsp3) is 0. The number of rotatable bonds is 4. The highest BCUT2D eigenvalue weighted by Gasteiger charge is 2.06. The second-order valence-corrected chi connectivity index (χ2v) is 10.1. The Labute approximate surface area is 244 Å². The Morgan fingerprint density at radius 2 is 0.838 bits per heavy atom. The zero-order valence-corrected chi connectivity index (χ0v) is 24.4. The molecule has 0 amide bonds. The molecule has 0 heterocycles. The van der Waals surface area contributed by atoms with Crippen molar-refractivity contribution in [1.82, 2.24) is 0 Å². The van der Waals surface area contributed by atoms with Crippen molar-refractivity contribution in [3.05, 3.63) is 146 Å². The van der Waals surface area contributed by atoms with Crippen LogP contribution in [-0.4, -0.2) is 0 Å². The largest absolute Gasteiger partial charge is 0.399 e. The first-order valence-corrected chi connectivity index (χ1v) is 13.6. The fourth-order valence-corrected chi connectivity index (χ4v) is 4.35. The van der Waals surface area contributed by atoms with E-state index >= 15 is 0 Å². The second kappa shape index (κ2) is 15.3. The maximum Gasteiger partial charge on any atom is 0.0875 e. The molecule has 0 atom stereocenters. The number of para-hydroxylation sites is 3. The number of nitrogen functional groups attached to an aromatic ring is 1. The first kappa shape index (κ1) is 28.6. The number of benzene rings is 5. The molecule has 0 unspecified atom stereocenters. The number of hydrogen-bond donors (Lipinski definition) is 3. The Kier molecular flexibility index (Phi) is 11.9. The molecule has 5 aromatic rings. The molecule has 0 aromatic heterocycles. The van der Waals surface area contributed by atoms with Gasteiger partial charge in [0.2, 0.25) is 0 Å². The van der Waals surface area contributed by atoms with Crippen molar-refractivity contribution in [1.29, 1.82) is 0 Å². The van der Waals surface area contributed by atoms with E-state index in [0.717, 1.165) is 42.4 Å². The summed E-state index contributed by atoms with van der Waals surface area (Å²) >= 11 is 18.8. The average Bonchev–Trinajstić information content (AvgIpc) is 2.92. The predicted octanol–water partition coefficient (Wildman–Crippen LogP) is 11.0. The van der Waals surface area contributed by atoms with Crippen molar-refractivity contribution in [3.8, 4) is 0 Å². The molecule has 5 aromatic carbocycles. The van der Waals surface area contributed by atoms with Crippen molar-refractivity contribution in [3.63, 3.8) is 0 Å². The van der Waals surface area contributed by atoms with E-state index in [2.05, 4.69) is 42.5 Å². The van der Waals surface area contributed by atoms with Gasteiger partial charge in [-0.1, -0.05) is 89.9 Å². The molecule has 0 aliphatic heterocycles. The molecule has 0 fully saturated rings. The summed E-state index contributed by atoms with van der Waals surface area (Å²) in [6, 6.07) is 41.1. The minimum atomic E-state index is 0.671. The summed E-state index contributed by atoms with van der Waals surface area (Å²) in [5.41, 5.74) is 9.96. The van der Waals surface area contributed by atoms with Crippen LogP contribution in [0.4, 0.5) is 28.4 Å². The highest BCUT2D eigenvalue weighted by atomic mass is 79.9. The summed E-state index contributed by atoms with van der Waals surface area (Å²) in [4.78, 5) is 0. The highest BCUT2D eigenvalue weighted by Crippen LogP contribution is 2.34. The van der Waals surface area contributed by atoms with E-state index in [1.54, 1.807) is 0 Å². The van der Waals surface area contributed by atoms with E-state index < -0.39 is 0 Å². The lowest BCUT2D eigenvalue weighted by Crippen LogP contribution is -1.95. The first-order valence-electron chi connectivity index (χ1n) is 11.3. The van der Waals surface area contributed by atoms with Gasteiger partial charge < -0.3 is 16.4 Å². The number of nitrogens with one attached hydrogen (secondary N) is 2. The van der Waals surface area contributed by atoms with Crippen LogP contribution < -0.4 is 16.4 Å². The van der Waals surface area contributed by atoms with Crippen LogP contribution in [0.5, 0.6) is 0 Å². The maximum atomic E-state index is 6.48. The van der Waals surface area contributed by atoms with Gasteiger partial charge in [0.05, 0.1) is 21.4 Å². The molecule has 0 aliphatic carbocycles. The van der Waals surface area contributed by atoms with Crippen molar-refractivity contribution >= 4 is 83.5 Å². The van der Waals surface area contributed by atoms with Gasteiger partial charge in [-0.3, -0.25) is 0 Å². The third-order valence-electron chi connectivity index (χ3n) is 4.81. The molecular weight excluding hydrogens is 633 g/mol. The van der Waals surface area contributed by atoms with E-state index in [0.29, 0.717) is 5.02 Å². The van der Waals surface area contributed by atoms with Crippen LogP contribution in [0.25, 0.3) is 0 Å². The van der Waals surface area contributed by atoms with Crippen LogP contribution in [0, 0.1) is 0 Å². The summed E-state index contributed by atoms with van der Waals surface area (Å²) in [5.74, 6) is 0. The molecule has 5 rings (SSSR count). The summed E-state index contributed by atoms with van der Waals surface area (Å²) in [7, 11) is 0.